The SMILES string of the molecule is CCOC(=O)[C@H]1CCc2c(sc3ncnc(Cl)c23)C1.C[C@H]1[C@@H](c2ccccc2)OC(=O)N1C(=O)[C@H]1CCc2c(sc3ncnc(Cl)c23)C1. The Balaban J connectivity index is 0.000000166. The van der Waals surface area contributed by atoms with Gasteiger partial charge in [-0.15, -0.1) is 22.7 Å². The van der Waals surface area contributed by atoms with Gasteiger partial charge in [0.15, 0.2) is 0 Å². The van der Waals surface area contributed by atoms with Gasteiger partial charge in [0, 0.05) is 15.7 Å². The molecular formula is C34H31Cl2N5O5S2. The van der Waals surface area contributed by atoms with E-state index in [0.29, 0.717) is 29.8 Å². The van der Waals surface area contributed by atoms with Crippen LogP contribution in [-0.4, -0.2) is 55.5 Å². The zero-order valence-corrected chi connectivity index (χ0v) is 29.3. The molecule has 14 heteroatoms. The summed E-state index contributed by atoms with van der Waals surface area (Å²) in [6.07, 6.45) is 6.28. The second-order valence-electron chi connectivity index (χ2n) is 12.0. The fraction of sp³-hybridized carbons (Fsp3) is 0.382. The second kappa shape index (κ2) is 13.7. The van der Waals surface area contributed by atoms with Gasteiger partial charge in [-0.1, -0.05) is 53.5 Å². The van der Waals surface area contributed by atoms with Crippen LogP contribution in [-0.2, 0) is 44.7 Å². The van der Waals surface area contributed by atoms with E-state index in [1.807, 2.05) is 44.2 Å². The lowest BCUT2D eigenvalue weighted by Crippen LogP contribution is -2.43. The lowest BCUT2D eigenvalue weighted by Gasteiger charge is -2.27. The number of carbonyl (C=O) groups is 3. The number of hydrogen-bond donors (Lipinski definition) is 0. The van der Waals surface area contributed by atoms with Crippen molar-refractivity contribution in [3.8, 4) is 0 Å². The van der Waals surface area contributed by atoms with E-state index in [1.165, 1.54) is 28.0 Å². The molecule has 3 aliphatic rings. The van der Waals surface area contributed by atoms with Crippen molar-refractivity contribution in [3.05, 3.63) is 79.7 Å². The first-order valence-electron chi connectivity index (χ1n) is 15.8. The normalized spacial score (nSPS) is 21.7. The number of ether oxygens (including phenoxy) is 2. The summed E-state index contributed by atoms with van der Waals surface area (Å²) in [6.45, 7) is 4.14. The van der Waals surface area contributed by atoms with Crippen LogP contribution < -0.4 is 0 Å². The van der Waals surface area contributed by atoms with E-state index in [0.717, 1.165) is 62.1 Å². The third-order valence-electron chi connectivity index (χ3n) is 9.20. The highest BCUT2D eigenvalue weighted by atomic mass is 35.5. The summed E-state index contributed by atoms with van der Waals surface area (Å²) >= 11 is 15.6. The van der Waals surface area contributed by atoms with Gasteiger partial charge in [-0.2, -0.15) is 0 Å². The van der Waals surface area contributed by atoms with Crippen LogP contribution in [0.5, 0.6) is 0 Å². The number of carbonyl (C=O) groups excluding carboxylic acids is 3. The molecule has 1 aliphatic heterocycles. The quantitative estimate of drug-likeness (QED) is 0.136. The first-order chi connectivity index (χ1) is 23.2. The summed E-state index contributed by atoms with van der Waals surface area (Å²) in [5.74, 6) is -0.553. The minimum Gasteiger partial charge on any atom is -0.466 e. The molecule has 0 radical (unpaired) electrons. The molecule has 0 bridgehead atoms. The Bertz CT molecular complexity index is 2040. The van der Waals surface area contributed by atoms with E-state index >= 15 is 0 Å². The lowest BCUT2D eigenvalue weighted by atomic mass is 9.86. The fourth-order valence-corrected chi connectivity index (χ4v) is 10.00. The van der Waals surface area contributed by atoms with Crippen molar-refractivity contribution >= 4 is 84.3 Å². The number of aromatic nitrogens is 4. The monoisotopic (exact) mass is 723 g/mol. The molecule has 5 heterocycles. The molecule has 2 aliphatic carbocycles. The van der Waals surface area contributed by atoms with Crippen molar-refractivity contribution in [2.75, 3.05) is 6.61 Å². The number of halogens is 2. The Morgan fingerprint density at radius 2 is 1.46 bits per heavy atom. The number of amides is 2. The molecule has 248 valence electrons. The van der Waals surface area contributed by atoms with Crippen LogP contribution >= 0.6 is 45.9 Å². The highest BCUT2D eigenvalue weighted by Gasteiger charge is 2.46. The number of esters is 1. The van der Waals surface area contributed by atoms with Crippen LogP contribution in [0.4, 0.5) is 4.79 Å². The smallest absolute Gasteiger partial charge is 0.417 e. The molecule has 2 amide bonds. The van der Waals surface area contributed by atoms with E-state index in [4.69, 9.17) is 32.7 Å². The predicted octanol–water partition coefficient (Wildman–Crippen LogP) is 7.57. The molecule has 48 heavy (non-hydrogen) atoms. The van der Waals surface area contributed by atoms with E-state index in [9.17, 15) is 14.4 Å². The molecule has 0 spiro atoms. The maximum absolute atomic E-state index is 13.3. The number of imide groups is 1. The summed E-state index contributed by atoms with van der Waals surface area (Å²) in [6, 6.07) is 9.20. The maximum atomic E-state index is 13.3. The van der Waals surface area contributed by atoms with Crippen molar-refractivity contribution in [2.24, 2.45) is 11.8 Å². The lowest BCUT2D eigenvalue weighted by molar-refractivity contribution is -0.148. The van der Waals surface area contributed by atoms with Crippen molar-refractivity contribution in [3.63, 3.8) is 0 Å². The van der Waals surface area contributed by atoms with Crippen molar-refractivity contribution in [1.82, 2.24) is 24.8 Å². The zero-order chi connectivity index (χ0) is 33.5. The van der Waals surface area contributed by atoms with Crippen molar-refractivity contribution in [1.29, 1.82) is 0 Å². The molecular weight excluding hydrogens is 693 g/mol. The van der Waals surface area contributed by atoms with Crippen LogP contribution in [0.25, 0.3) is 20.4 Å². The van der Waals surface area contributed by atoms with Crippen LogP contribution in [0.15, 0.2) is 43.0 Å². The molecule has 4 aromatic heterocycles. The third-order valence-corrected chi connectivity index (χ3v) is 12.1. The van der Waals surface area contributed by atoms with E-state index in [-0.39, 0.29) is 29.8 Å². The Morgan fingerprint density at radius 1 is 0.896 bits per heavy atom. The average Bonchev–Trinajstić information content (AvgIpc) is 3.75. The van der Waals surface area contributed by atoms with E-state index < -0.39 is 12.2 Å². The number of hydrogen-bond acceptors (Lipinski definition) is 11. The number of benzene rings is 1. The Morgan fingerprint density at radius 3 is 2.04 bits per heavy atom. The highest BCUT2D eigenvalue weighted by molar-refractivity contribution is 7.19. The predicted molar refractivity (Wildman–Crippen MR) is 184 cm³/mol. The molecule has 1 fully saturated rings. The maximum Gasteiger partial charge on any atom is 0.417 e. The fourth-order valence-electron chi connectivity index (χ4n) is 6.86. The van der Waals surface area contributed by atoms with Gasteiger partial charge in [-0.25, -0.2) is 29.6 Å². The largest absolute Gasteiger partial charge is 0.466 e. The highest BCUT2D eigenvalue weighted by Crippen LogP contribution is 2.42. The van der Waals surface area contributed by atoms with Crippen LogP contribution in [0.2, 0.25) is 10.3 Å². The molecule has 10 nitrogen and oxygen atoms in total. The van der Waals surface area contributed by atoms with Gasteiger partial charge in [0.1, 0.15) is 38.7 Å². The molecule has 0 saturated carbocycles. The minimum absolute atomic E-state index is 0.0350. The minimum atomic E-state index is -0.563. The Hall–Kier alpha value is -3.71. The molecule has 0 N–H and O–H groups in total. The molecule has 8 rings (SSSR count). The number of aryl methyl sites for hydroxylation is 2. The van der Waals surface area contributed by atoms with Crippen molar-refractivity contribution in [2.45, 2.75) is 64.5 Å². The number of nitrogens with zero attached hydrogens (tertiary/aromatic N) is 5. The number of rotatable bonds is 4. The summed E-state index contributed by atoms with van der Waals surface area (Å²) in [4.78, 5) is 59.7. The summed E-state index contributed by atoms with van der Waals surface area (Å²) in [7, 11) is 0. The number of thiophene rings is 2. The third kappa shape index (κ3) is 6.04. The van der Waals surface area contributed by atoms with Gasteiger partial charge in [0.25, 0.3) is 0 Å². The molecule has 4 atom stereocenters. The zero-order valence-electron chi connectivity index (χ0n) is 26.2. The number of cyclic esters (lactones) is 1. The van der Waals surface area contributed by atoms with Gasteiger partial charge < -0.3 is 9.47 Å². The van der Waals surface area contributed by atoms with Gasteiger partial charge in [0.05, 0.1) is 29.3 Å². The molecule has 1 aromatic carbocycles. The van der Waals surface area contributed by atoms with Gasteiger partial charge in [-0.3, -0.25) is 9.59 Å². The van der Waals surface area contributed by atoms with E-state index in [1.54, 1.807) is 22.7 Å². The molecule has 5 aromatic rings. The van der Waals surface area contributed by atoms with Gasteiger partial charge >= 0.3 is 12.1 Å². The molecule has 1 saturated heterocycles. The summed E-state index contributed by atoms with van der Waals surface area (Å²) in [5, 5.41) is 2.83. The molecule has 0 unspecified atom stereocenters. The number of fused-ring (bicyclic) bond motifs is 6. The summed E-state index contributed by atoms with van der Waals surface area (Å²) < 4.78 is 10.7. The Kier molecular flexibility index (Phi) is 9.34. The average molecular weight is 725 g/mol. The van der Waals surface area contributed by atoms with Gasteiger partial charge in [0.2, 0.25) is 5.91 Å². The summed E-state index contributed by atoms with van der Waals surface area (Å²) in [5.41, 5.74) is 3.25. The first kappa shape index (κ1) is 32.8. The van der Waals surface area contributed by atoms with Crippen LogP contribution in [0.3, 0.4) is 0 Å². The van der Waals surface area contributed by atoms with Crippen LogP contribution in [0, 0.1) is 11.8 Å². The van der Waals surface area contributed by atoms with Gasteiger partial charge in [-0.05, 0) is 69.1 Å². The topological polar surface area (TPSA) is 124 Å². The van der Waals surface area contributed by atoms with Crippen LogP contribution in [0.1, 0.15) is 59.2 Å². The Labute approximate surface area is 294 Å². The second-order valence-corrected chi connectivity index (χ2v) is 14.9. The first-order valence-corrected chi connectivity index (χ1v) is 18.2. The standard InChI is InChI=1S/C21H18ClN3O3S.C13H13ClN2O2S/c1-11-17(12-5-3-2-4-6-12)28-21(27)25(11)20(26)13-7-8-14-15(9-13)29-19-16(14)18(22)23-10-24-19;1-2-18-13(17)7-3-4-8-9(5-7)19-12-10(8)11(14)15-6-16-12/h2-6,10-11,13,17H,7-9H2,1H3;6-7H,2-5H2,1H3/t11-,13-,17-;7-/m00/s1. The van der Waals surface area contributed by atoms with Crippen molar-refractivity contribution < 1.29 is 23.9 Å². The van der Waals surface area contributed by atoms with E-state index in [2.05, 4.69) is 19.9 Å².